The number of hydrogen-bond acceptors (Lipinski definition) is 5. The molecule has 68 heavy (non-hydrogen) atoms. The first kappa shape index (κ1) is 61.4. The van der Waals surface area contributed by atoms with Gasteiger partial charge in [0.15, 0.2) is 0 Å². The number of hydrogen-bond donors (Lipinski definition) is 0. The summed E-state index contributed by atoms with van der Waals surface area (Å²) in [5.74, 6) is 0. The van der Waals surface area contributed by atoms with E-state index in [2.05, 4.69) is 128 Å². The van der Waals surface area contributed by atoms with Crippen molar-refractivity contribution in [2.45, 2.75) is 65.7 Å². The molecule has 0 aliphatic carbocycles. The summed E-state index contributed by atoms with van der Waals surface area (Å²) >= 11 is 0. The van der Waals surface area contributed by atoms with Crippen molar-refractivity contribution in [1.82, 2.24) is 0 Å². The topological polar surface area (TPSA) is 107 Å². The van der Waals surface area contributed by atoms with Gasteiger partial charge in [-0.1, -0.05) is 193 Å². The Morgan fingerprint density at radius 2 is 0.691 bits per heavy atom. The molecule has 0 saturated heterocycles. The van der Waals surface area contributed by atoms with E-state index in [1.165, 1.54) is 21.2 Å². The third kappa shape index (κ3) is 20.5. The maximum Gasteiger partial charge on any atom is 0.718 e. The van der Waals surface area contributed by atoms with E-state index in [1.54, 1.807) is 0 Å². The molecule has 0 aliphatic heterocycles. The Bertz CT molecular complexity index is 1860. The SMILES string of the molecule is CCO[Si](CCP(c1ccccc1)c1ccccc1)(OCC)OCC.CCO[Si](CCP(c1ccccc1)c1ccccc1)(OCC)[OH+]CC.Cl.[HH].[Ir].[NH-][C@H](c1ccccc1)[C@H]([NH-])c1ccccc1. The van der Waals surface area contributed by atoms with Crippen molar-refractivity contribution in [2.24, 2.45) is 0 Å². The predicted octanol–water partition coefficient (Wildman–Crippen LogP) is 13.1. The zero-order valence-electron chi connectivity index (χ0n) is 40.7. The van der Waals surface area contributed by atoms with Crippen LogP contribution in [0.3, 0.4) is 0 Å². The largest absolute Gasteiger partial charge is 0.718 e. The van der Waals surface area contributed by atoms with Crippen molar-refractivity contribution in [3.8, 4) is 0 Å². The fourth-order valence-corrected chi connectivity index (χ4v) is 19.4. The van der Waals surface area contributed by atoms with Gasteiger partial charge in [0.2, 0.25) is 0 Å². The van der Waals surface area contributed by atoms with Crippen LogP contribution in [0.2, 0.25) is 12.1 Å². The smallest absolute Gasteiger partial charge is 0.672 e. The van der Waals surface area contributed by atoms with Crippen LogP contribution >= 0.6 is 28.3 Å². The summed E-state index contributed by atoms with van der Waals surface area (Å²) in [7, 11) is -5.98. The van der Waals surface area contributed by atoms with Gasteiger partial charge in [0.05, 0.1) is 6.04 Å². The van der Waals surface area contributed by atoms with Gasteiger partial charge in [-0.3, -0.25) is 0 Å². The van der Waals surface area contributed by atoms with Crippen LogP contribution in [0, 0.1) is 0 Å². The van der Waals surface area contributed by atoms with Crippen LogP contribution in [0.5, 0.6) is 0 Å². The molecule has 0 aliphatic rings. The Hall–Kier alpha value is -2.77. The Kier molecular flexibility index (Phi) is 31.9. The summed E-state index contributed by atoms with van der Waals surface area (Å²) in [4.78, 5) is 0. The molecule has 3 N–H and O–H groups in total. The number of benzene rings is 6. The molecular formula is C54H76ClIrN2O6P2Si2-. The molecule has 0 amide bonds. The van der Waals surface area contributed by atoms with Crippen molar-refractivity contribution in [1.29, 1.82) is 0 Å². The molecule has 14 heteroatoms. The quantitative estimate of drug-likeness (QED) is 0.0322. The molecule has 8 nitrogen and oxygen atoms in total. The molecule has 0 spiro atoms. The minimum absolute atomic E-state index is 0. The molecule has 0 aromatic heterocycles. The predicted molar refractivity (Wildman–Crippen MR) is 296 cm³/mol. The standard InChI is InChI=1S/2C20H29O3PSi.C14H14N2.ClH.Ir.H2/c2*1-4-21-25(22-5-2,23-6-3)18-17-24(19-13-9-7-10-14-19)20-15-11-8-12-16-20;15-13(11-7-3-1-4-8-11)14(16)12-9-5-2-6-10-12;;;/h2*7-16H,4-6,17-18H2,1-3H3;1-10,13-16H;1H;;1H/q;;-2;;;/p+1/t;;13-,14-;;;/m..1.../s1. The average molecular weight is 1200 g/mol. The third-order valence-corrected chi connectivity index (χ3v) is 22.5. The van der Waals surface area contributed by atoms with E-state index in [0.717, 1.165) is 42.1 Å². The summed E-state index contributed by atoms with van der Waals surface area (Å²) in [6, 6.07) is 62.9. The van der Waals surface area contributed by atoms with Crippen molar-refractivity contribution in [3.05, 3.63) is 205 Å². The number of halogens is 1. The van der Waals surface area contributed by atoms with Gasteiger partial charge in [0.1, 0.15) is 6.61 Å². The molecule has 6 rings (SSSR count). The summed E-state index contributed by atoms with van der Waals surface area (Å²) in [6.45, 7) is 16.1. The van der Waals surface area contributed by atoms with Gasteiger partial charge in [-0.05, 0) is 84.0 Å². The van der Waals surface area contributed by atoms with Crippen molar-refractivity contribution >= 4 is 67.1 Å². The van der Waals surface area contributed by atoms with Gasteiger partial charge in [0, 0.05) is 67.5 Å². The Morgan fingerprint density at radius 1 is 0.426 bits per heavy atom. The van der Waals surface area contributed by atoms with Crippen LogP contribution in [-0.4, -0.2) is 74.0 Å². The van der Waals surface area contributed by atoms with Gasteiger partial charge in [-0.25, -0.2) is 0 Å². The number of nitrogens with one attached hydrogen (secondary N) is 2. The zero-order valence-corrected chi connectivity index (χ0v) is 47.7. The van der Waals surface area contributed by atoms with Crippen molar-refractivity contribution < 1.29 is 48.1 Å². The van der Waals surface area contributed by atoms with Crippen LogP contribution in [0.4, 0.5) is 0 Å². The Morgan fingerprint density at radius 3 is 0.956 bits per heavy atom. The summed E-state index contributed by atoms with van der Waals surface area (Å²) in [6.07, 6.45) is 2.05. The monoisotopic (exact) mass is 1190 g/mol. The first-order valence-corrected chi connectivity index (χ1v) is 30.4. The van der Waals surface area contributed by atoms with Crippen LogP contribution in [0.25, 0.3) is 11.5 Å². The normalized spacial score (nSPS) is 12.1. The average Bonchev–Trinajstić information content (AvgIpc) is 3.36. The fraction of sp³-hybridized carbons (Fsp3) is 0.333. The molecule has 0 bridgehead atoms. The molecular weight excluding hydrogens is 1120 g/mol. The molecule has 1 radical (unpaired) electrons. The Balaban J connectivity index is 0.000000518. The first-order chi connectivity index (χ1) is 32.3. The van der Waals surface area contributed by atoms with Crippen LogP contribution < -0.4 is 21.2 Å². The van der Waals surface area contributed by atoms with Gasteiger partial charge in [0.25, 0.3) is 0 Å². The van der Waals surface area contributed by atoms with E-state index < -0.39 is 45.5 Å². The van der Waals surface area contributed by atoms with Crippen molar-refractivity contribution in [2.75, 3.05) is 52.0 Å². The van der Waals surface area contributed by atoms with Crippen LogP contribution in [0.1, 0.15) is 66.2 Å². The van der Waals surface area contributed by atoms with Gasteiger partial charge >= 0.3 is 17.6 Å². The molecule has 0 saturated carbocycles. The van der Waals surface area contributed by atoms with Crippen LogP contribution in [-0.2, 0) is 42.2 Å². The van der Waals surface area contributed by atoms with E-state index in [1.807, 2.05) is 95.3 Å². The summed E-state index contributed by atoms with van der Waals surface area (Å²) in [5.41, 5.74) is 17.9. The van der Waals surface area contributed by atoms with E-state index in [4.69, 9.17) is 38.0 Å². The van der Waals surface area contributed by atoms with Crippen LogP contribution in [0.15, 0.2) is 182 Å². The fourth-order valence-electron chi connectivity index (χ4n) is 7.50. The molecule has 373 valence electrons. The van der Waals surface area contributed by atoms with Gasteiger partial charge in [-0.15, -0.1) is 24.5 Å². The number of aliphatic hydroxyl groups is 1. The van der Waals surface area contributed by atoms with Gasteiger partial charge in [-0.2, -0.15) is 0 Å². The van der Waals surface area contributed by atoms with Crippen molar-refractivity contribution in [3.63, 3.8) is 0 Å². The Labute approximate surface area is 434 Å². The van der Waals surface area contributed by atoms with E-state index in [-0.39, 0.29) is 33.9 Å². The molecule has 0 fully saturated rings. The van der Waals surface area contributed by atoms with Gasteiger partial charge < -0.3 is 38.0 Å². The maximum absolute atomic E-state index is 8.07. The second-order valence-corrected chi connectivity index (χ2v) is 25.2. The minimum atomic E-state index is -2.61. The molecule has 0 unspecified atom stereocenters. The summed E-state index contributed by atoms with van der Waals surface area (Å²) < 4.78 is 35.1. The van der Waals surface area contributed by atoms with E-state index in [0.29, 0.717) is 33.0 Å². The molecule has 2 atom stereocenters. The molecule has 6 aromatic carbocycles. The zero-order chi connectivity index (χ0) is 47.3. The first-order valence-electron chi connectivity index (χ1n) is 23.4. The summed E-state index contributed by atoms with van der Waals surface area (Å²) in [5, 5.41) is 5.57. The second-order valence-electron chi connectivity index (χ2n) is 15.0. The molecule has 0 heterocycles. The molecule has 6 aromatic rings. The second kappa shape index (κ2) is 35.4. The van der Waals surface area contributed by atoms with E-state index >= 15 is 0 Å². The minimum Gasteiger partial charge on any atom is -0.672 e. The number of rotatable bonds is 25. The van der Waals surface area contributed by atoms with E-state index in [9.17, 15) is 0 Å². The third-order valence-electron chi connectivity index (χ3n) is 10.4. The maximum atomic E-state index is 8.07.